The summed E-state index contributed by atoms with van der Waals surface area (Å²) < 4.78 is 2.76. The lowest BCUT2D eigenvalue weighted by Gasteiger charge is -2.21. The molecule has 0 fully saturated rings. The van der Waals surface area contributed by atoms with E-state index >= 15 is 0 Å². The number of anilines is 1. The van der Waals surface area contributed by atoms with Crippen molar-refractivity contribution in [3.8, 4) is 0 Å². The molecule has 21 heavy (non-hydrogen) atoms. The molecule has 1 aromatic carbocycles. The summed E-state index contributed by atoms with van der Waals surface area (Å²) in [6, 6.07) is 5.30. The molecule has 0 saturated heterocycles. The zero-order valence-electron chi connectivity index (χ0n) is 11.4. The van der Waals surface area contributed by atoms with Crippen LogP contribution in [0.2, 0.25) is 10.0 Å². The second kappa shape index (κ2) is 6.96. The van der Waals surface area contributed by atoms with Gasteiger partial charge in [-0.3, -0.25) is 4.68 Å². The number of rotatable bonds is 3. The van der Waals surface area contributed by atoms with Crippen molar-refractivity contribution in [3.05, 3.63) is 44.6 Å². The van der Waals surface area contributed by atoms with Crippen LogP contribution in [0.4, 0.5) is 5.69 Å². The molecule has 2 rings (SSSR count). The number of aromatic nitrogens is 2. The van der Waals surface area contributed by atoms with Gasteiger partial charge in [-0.05, 0) is 46.3 Å². The van der Waals surface area contributed by atoms with Gasteiger partial charge in [0.15, 0.2) is 5.11 Å². The van der Waals surface area contributed by atoms with Crippen LogP contribution < -0.4 is 5.32 Å². The van der Waals surface area contributed by atoms with Crippen LogP contribution in [-0.2, 0) is 13.6 Å². The van der Waals surface area contributed by atoms with Crippen molar-refractivity contribution >= 4 is 62.1 Å². The third-order valence-corrected chi connectivity index (χ3v) is 4.73. The summed E-state index contributed by atoms with van der Waals surface area (Å²) >= 11 is 20.7. The molecule has 0 bridgehead atoms. The van der Waals surface area contributed by atoms with Crippen LogP contribution in [0.15, 0.2) is 28.9 Å². The van der Waals surface area contributed by atoms with E-state index in [0.717, 1.165) is 15.9 Å². The molecule has 0 radical (unpaired) electrons. The maximum atomic E-state index is 5.99. The van der Waals surface area contributed by atoms with Crippen molar-refractivity contribution in [2.45, 2.75) is 6.54 Å². The highest BCUT2D eigenvalue weighted by Gasteiger charge is 2.12. The molecule has 1 aromatic heterocycles. The lowest BCUT2D eigenvalue weighted by molar-refractivity contribution is 0.481. The Kier molecular flexibility index (Phi) is 5.48. The first-order valence-corrected chi connectivity index (χ1v) is 7.97. The molecule has 0 aliphatic rings. The summed E-state index contributed by atoms with van der Waals surface area (Å²) in [5.41, 5.74) is 1.83. The van der Waals surface area contributed by atoms with Crippen molar-refractivity contribution < 1.29 is 0 Å². The van der Waals surface area contributed by atoms with E-state index in [1.807, 2.05) is 29.7 Å². The first kappa shape index (κ1) is 16.5. The number of hydrogen-bond acceptors (Lipinski definition) is 2. The second-order valence-electron chi connectivity index (χ2n) is 4.48. The number of nitrogens with zero attached hydrogens (tertiary/aromatic N) is 3. The molecule has 0 spiro atoms. The highest BCUT2D eigenvalue weighted by molar-refractivity contribution is 9.10. The fourth-order valence-electron chi connectivity index (χ4n) is 1.70. The van der Waals surface area contributed by atoms with Gasteiger partial charge in [0.05, 0.1) is 33.0 Å². The molecule has 4 nitrogen and oxygen atoms in total. The van der Waals surface area contributed by atoms with Gasteiger partial charge in [0.25, 0.3) is 0 Å². The number of benzene rings is 1. The highest BCUT2D eigenvalue weighted by atomic mass is 79.9. The summed E-state index contributed by atoms with van der Waals surface area (Å²) in [4.78, 5) is 1.92. The normalized spacial score (nSPS) is 10.5. The number of aryl methyl sites for hydroxylation is 1. The van der Waals surface area contributed by atoms with Crippen molar-refractivity contribution in [2.75, 3.05) is 12.4 Å². The molecular weight excluding hydrogens is 395 g/mol. The van der Waals surface area contributed by atoms with Gasteiger partial charge < -0.3 is 10.2 Å². The van der Waals surface area contributed by atoms with Crippen molar-refractivity contribution in [1.29, 1.82) is 0 Å². The third-order valence-electron chi connectivity index (χ3n) is 2.92. The topological polar surface area (TPSA) is 33.1 Å². The lowest BCUT2D eigenvalue weighted by atomic mass is 10.3. The van der Waals surface area contributed by atoms with E-state index in [0.29, 0.717) is 21.7 Å². The van der Waals surface area contributed by atoms with E-state index in [-0.39, 0.29) is 0 Å². The van der Waals surface area contributed by atoms with E-state index in [1.54, 1.807) is 18.3 Å². The average molecular weight is 408 g/mol. The Labute approximate surface area is 147 Å². The number of hydrogen-bond donors (Lipinski definition) is 1. The quantitative estimate of drug-likeness (QED) is 0.768. The molecule has 112 valence electrons. The Bertz CT molecular complexity index is 655. The van der Waals surface area contributed by atoms with Crippen LogP contribution in [0.5, 0.6) is 0 Å². The van der Waals surface area contributed by atoms with Gasteiger partial charge in [0.2, 0.25) is 0 Å². The predicted molar refractivity (Wildman–Crippen MR) is 95.1 cm³/mol. The first-order chi connectivity index (χ1) is 9.88. The standard InChI is InChI=1S/C13H13BrCl2N4S/c1-19(7-12-9(14)6-17-20(12)2)13(21)18-8-3-4-10(15)11(16)5-8/h3-6H,7H2,1-2H3,(H,18,21). The van der Waals surface area contributed by atoms with Crippen molar-refractivity contribution in [1.82, 2.24) is 14.7 Å². The number of thiocarbonyl (C=S) groups is 1. The van der Waals surface area contributed by atoms with Crippen LogP contribution in [0.25, 0.3) is 0 Å². The summed E-state index contributed by atoms with van der Waals surface area (Å²) in [5, 5.41) is 8.90. The second-order valence-corrected chi connectivity index (χ2v) is 6.53. The van der Waals surface area contributed by atoms with E-state index in [1.165, 1.54) is 0 Å². The van der Waals surface area contributed by atoms with E-state index in [9.17, 15) is 0 Å². The van der Waals surface area contributed by atoms with E-state index in [4.69, 9.17) is 35.4 Å². The third kappa shape index (κ3) is 4.10. The van der Waals surface area contributed by atoms with Gasteiger partial charge in [-0.15, -0.1) is 0 Å². The van der Waals surface area contributed by atoms with Gasteiger partial charge in [0, 0.05) is 19.8 Å². The van der Waals surface area contributed by atoms with Crippen LogP contribution in [-0.4, -0.2) is 26.8 Å². The Hall–Kier alpha value is -0.820. The van der Waals surface area contributed by atoms with Gasteiger partial charge in [0.1, 0.15) is 0 Å². The molecular formula is C13H13BrCl2N4S. The number of halogens is 3. The fraction of sp³-hybridized carbons (Fsp3) is 0.231. The monoisotopic (exact) mass is 406 g/mol. The minimum Gasteiger partial charge on any atom is -0.346 e. The summed E-state index contributed by atoms with van der Waals surface area (Å²) in [7, 11) is 3.80. The largest absolute Gasteiger partial charge is 0.346 e. The minimum absolute atomic E-state index is 0.487. The van der Waals surface area contributed by atoms with Gasteiger partial charge in [-0.2, -0.15) is 5.10 Å². The SMILES string of the molecule is CN(Cc1c(Br)cnn1C)C(=S)Nc1ccc(Cl)c(Cl)c1. The van der Waals surface area contributed by atoms with Crippen LogP contribution in [0.3, 0.4) is 0 Å². The smallest absolute Gasteiger partial charge is 0.173 e. The highest BCUT2D eigenvalue weighted by Crippen LogP contribution is 2.25. The molecule has 8 heteroatoms. The zero-order valence-corrected chi connectivity index (χ0v) is 15.3. The van der Waals surface area contributed by atoms with Crippen molar-refractivity contribution in [2.24, 2.45) is 7.05 Å². The average Bonchev–Trinajstić information content (AvgIpc) is 2.74. The maximum absolute atomic E-state index is 5.99. The van der Waals surface area contributed by atoms with E-state index in [2.05, 4.69) is 26.3 Å². The summed E-state index contributed by atoms with van der Waals surface area (Å²) in [5.74, 6) is 0. The minimum atomic E-state index is 0.487. The number of nitrogens with one attached hydrogen (secondary N) is 1. The Balaban J connectivity index is 2.04. The molecule has 0 aliphatic carbocycles. The molecule has 2 aromatic rings. The Morgan fingerprint density at radius 3 is 2.71 bits per heavy atom. The lowest BCUT2D eigenvalue weighted by Crippen LogP contribution is -2.31. The maximum Gasteiger partial charge on any atom is 0.173 e. The molecule has 0 aliphatic heterocycles. The molecule has 0 unspecified atom stereocenters. The molecule has 0 atom stereocenters. The molecule has 1 heterocycles. The van der Waals surface area contributed by atoms with E-state index < -0.39 is 0 Å². The Morgan fingerprint density at radius 2 is 2.14 bits per heavy atom. The summed E-state index contributed by atoms with van der Waals surface area (Å²) in [6.07, 6.45) is 1.76. The Morgan fingerprint density at radius 1 is 1.43 bits per heavy atom. The van der Waals surface area contributed by atoms with Gasteiger partial charge in [-0.1, -0.05) is 23.2 Å². The molecule has 1 N–H and O–H groups in total. The van der Waals surface area contributed by atoms with Crippen LogP contribution >= 0.6 is 51.3 Å². The fourth-order valence-corrected chi connectivity index (χ4v) is 2.66. The first-order valence-electron chi connectivity index (χ1n) is 6.02. The molecule has 0 amide bonds. The van der Waals surface area contributed by atoms with Gasteiger partial charge in [-0.25, -0.2) is 0 Å². The molecule has 0 saturated carbocycles. The summed E-state index contributed by atoms with van der Waals surface area (Å²) in [6.45, 7) is 0.629. The van der Waals surface area contributed by atoms with Crippen LogP contribution in [0.1, 0.15) is 5.69 Å². The predicted octanol–water partition coefficient (Wildman–Crippen LogP) is 4.32. The van der Waals surface area contributed by atoms with Crippen molar-refractivity contribution in [3.63, 3.8) is 0 Å². The van der Waals surface area contributed by atoms with Gasteiger partial charge >= 0.3 is 0 Å². The zero-order chi connectivity index (χ0) is 15.6. The van der Waals surface area contributed by atoms with Crippen LogP contribution in [0, 0.1) is 0 Å².